The third-order valence-electron chi connectivity index (χ3n) is 3.96. The third-order valence-corrected chi connectivity index (χ3v) is 3.96. The summed E-state index contributed by atoms with van der Waals surface area (Å²) in [4.78, 5) is 24.1. The number of carboxylic acid groups (broad SMARTS) is 1. The average Bonchev–Trinajstić information content (AvgIpc) is 2.58. The number of ether oxygens (including phenoxy) is 1. The van der Waals surface area contributed by atoms with Gasteiger partial charge in [-0.3, -0.25) is 4.79 Å². The second-order valence-electron chi connectivity index (χ2n) is 6.05. The van der Waals surface area contributed by atoms with Crippen LogP contribution in [-0.2, 0) is 4.79 Å². The maximum absolute atomic E-state index is 12.9. The van der Waals surface area contributed by atoms with E-state index in [-0.39, 0.29) is 16.9 Å². The first-order chi connectivity index (χ1) is 11.9. The van der Waals surface area contributed by atoms with Gasteiger partial charge in [0.25, 0.3) is 0 Å². The topological polar surface area (TPSA) is 76.7 Å². The zero-order valence-electron chi connectivity index (χ0n) is 14.2. The van der Waals surface area contributed by atoms with Crippen LogP contribution < -0.4 is 10.2 Å². The normalized spacial score (nSPS) is 12.1. The van der Waals surface area contributed by atoms with Crippen LogP contribution in [0.3, 0.4) is 0 Å². The van der Waals surface area contributed by atoms with Crippen molar-refractivity contribution in [3.63, 3.8) is 0 Å². The molecular formula is C20H18O5. The molecule has 1 heterocycles. The monoisotopic (exact) mass is 338 g/mol. The Labute approximate surface area is 144 Å². The van der Waals surface area contributed by atoms with Crippen LogP contribution in [0.4, 0.5) is 0 Å². The molecule has 0 fully saturated rings. The maximum Gasteiger partial charge on any atom is 0.344 e. The minimum absolute atomic E-state index is 0.0862. The molecule has 0 amide bonds. The lowest BCUT2D eigenvalue weighted by molar-refractivity contribution is -0.144. The number of carbonyl (C=O) groups is 1. The third kappa shape index (κ3) is 3.26. The lowest BCUT2D eigenvalue weighted by Crippen LogP contribution is -2.26. The SMILES string of the molecule is Cc1ccc(-c2oc3ccc(C)cc3c(=O)c2O[C@H](C)C(=O)O)cc1. The van der Waals surface area contributed by atoms with Crippen molar-refractivity contribution < 1.29 is 19.1 Å². The Kier molecular flexibility index (Phi) is 4.31. The van der Waals surface area contributed by atoms with Crippen LogP contribution in [-0.4, -0.2) is 17.2 Å². The van der Waals surface area contributed by atoms with Crippen molar-refractivity contribution >= 4 is 16.9 Å². The van der Waals surface area contributed by atoms with Crippen molar-refractivity contribution in [1.82, 2.24) is 0 Å². The molecule has 0 radical (unpaired) electrons. The Morgan fingerprint density at radius 3 is 2.36 bits per heavy atom. The van der Waals surface area contributed by atoms with Crippen LogP contribution in [0.2, 0.25) is 0 Å². The number of fused-ring (bicyclic) bond motifs is 1. The highest BCUT2D eigenvalue weighted by molar-refractivity contribution is 5.83. The first-order valence-electron chi connectivity index (χ1n) is 7.91. The van der Waals surface area contributed by atoms with E-state index in [9.17, 15) is 9.59 Å². The van der Waals surface area contributed by atoms with Crippen molar-refractivity contribution in [1.29, 1.82) is 0 Å². The highest BCUT2D eigenvalue weighted by Gasteiger charge is 2.22. The van der Waals surface area contributed by atoms with Gasteiger partial charge in [-0.25, -0.2) is 4.79 Å². The fourth-order valence-corrected chi connectivity index (χ4v) is 2.52. The molecule has 1 aromatic heterocycles. The summed E-state index contributed by atoms with van der Waals surface area (Å²) < 4.78 is 11.4. The van der Waals surface area contributed by atoms with Crippen LogP contribution in [0.1, 0.15) is 18.1 Å². The summed E-state index contributed by atoms with van der Waals surface area (Å²) in [6.45, 7) is 5.20. The van der Waals surface area contributed by atoms with Crippen LogP contribution in [0.5, 0.6) is 5.75 Å². The van der Waals surface area contributed by atoms with E-state index >= 15 is 0 Å². The number of benzene rings is 2. The minimum atomic E-state index is -1.17. The highest BCUT2D eigenvalue weighted by atomic mass is 16.5. The van der Waals surface area contributed by atoms with E-state index in [1.54, 1.807) is 12.1 Å². The molecule has 25 heavy (non-hydrogen) atoms. The van der Waals surface area contributed by atoms with E-state index in [4.69, 9.17) is 14.3 Å². The van der Waals surface area contributed by atoms with E-state index in [0.29, 0.717) is 16.5 Å². The number of rotatable bonds is 4. The number of aliphatic carboxylic acids is 1. The summed E-state index contributed by atoms with van der Waals surface area (Å²) in [7, 11) is 0. The van der Waals surface area contributed by atoms with Crippen molar-refractivity contribution in [2.24, 2.45) is 0 Å². The Bertz CT molecular complexity index is 999. The van der Waals surface area contributed by atoms with Gasteiger partial charge in [0.05, 0.1) is 5.39 Å². The van der Waals surface area contributed by atoms with Crippen LogP contribution >= 0.6 is 0 Å². The van der Waals surface area contributed by atoms with Gasteiger partial charge in [0.15, 0.2) is 11.9 Å². The van der Waals surface area contributed by atoms with Crippen molar-refractivity contribution in [2.75, 3.05) is 0 Å². The number of carboxylic acids is 1. The molecule has 5 nitrogen and oxygen atoms in total. The molecule has 5 heteroatoms. The van der Waals surface area contributed by atoms with Gasteiger partial charge in [-0.15, -0.1) is 0 Å². The lowest BCUT2D eigenvalue weighted by Gasteiger charge is -2.14. The van der Waals surface area contributed by atoms with Crippen LogP contribution in [0, 0.1) is 13.8 Å². The first kappa shape index (κ1) is 16.8. The molecule has 3 rings (SSSR count). The quantitative estimate of drug-likeness (QED) is 0.780. The summed E-state index contributed by atoms with van der Waals surface area (Å²) in [5.41, 5.74) is 2.66. The summed E-state index contributed by atoms with van der Waals surface area (Å²) in [5, 5.41) is 9.50. The molecule has 0 saturated heterocycles. The minimum Gasteiger partial charge on any atom is -0.479 e. The van der Waals surface area contributed by atoms with Gasteiger partial charge in [-0.05, 0) is 32.9 Å². The molecule has 0 bridgehead atoms. The molecule has 2 aromatic carbocycles. The standard InChI is InChI=1S/C20H18O5/c1-11-4-7-14(8-5-11)18-19(24-13(3)20(22)23)17(21)15-10-12(2)6-9-16(15)25-18/h4-10,13H,1-3H3,(H,22,23)/t13-/m1/s1. The predicted octanol–water partition coefficient (Wildman–Crippen LogP) is 3.93. The van der Waals surface area contributed by atoms with Crippen LogP contribution in [0.15, 0.2) is 51.7 Å². The average molecular weight is 338 g/mol. The van der Waals surface area contributed by atoms with E-state index in [1.165, 1.54) is 6.92 Å². The molecule has 3 aromatic rings. The van der Waals surface area contributed by atoms with Gasteiger partial charge >= 0.3 is 5.97 Å². The largest absolute Gasteiger partial charge is 0.479 e. The Balaban J connectivity index is 2.29. The zero-order chi connectivity index (χ0) is 18.1. The first-order valence-corrected chi connectivity index (χ1v) is 7.91. The van der Waals surface area contributed by atoms with E-state index < -0.39 is 12.1 Å². The van der Waals surface area contributed by atoms with E-state index in [1.807, 2.05) is 44.2 Å². The summed E-state index contributed by atoms with van der Waals surface area (Å²) in [6.07, 6.45) is -1.17. The van der Waals surface area contributed by atoms with E-state index in [2.05, 4.69) is 0 Å². The number of aryl methyl sites for hydroxylation is 2. The van der Waals surface area contributed by atoms with Gasteiger partial charge in [0.1, 0.15) is 5.58 Å². The fraction of sp³-hybridized carbons (Fsp3) is 0.200. The van der Waals surface area contributed by atoms with Crippen molar-refractivity contribution in [2.45, 2.75) is 26.9 Å². The summed E-state index contributed by atoms with van der Waals surface area (Å²) in [5.74, 6) is -1.01. The molecule has 0 spiro atoms. The van der Waals surface area contributed by atoms with E-state index in [0.717, 1.165) is 11.1 Å². The summed E-state index contributed by atoms with van der Waals surface area (Å²) >= 11 is 0. The molecule has 1 N–H and O–H groups in total. The fourth-order valence-electron chi connectivity index (χ4n) is 2.52. The van der Waals surface area contributed by atoms with Crippen LogP contribution in [0.25, 0.3) is 22.3 Å². The second-order valence-corrected chi connectivity index (χ2v) is 6.05. The van der Waals surface area contributed by atoms with Crippen molar-refractivity contribution in [3.8, 4) is 17.1 Å². The zero-order valence-corrected chi connectivity index (χ0v) is 14.2. The lowest BCUT2D eigenvalue weighted by atomic mass is 10.1. The molecular weight excluding hydrogens is 320 g/mol. The number of hydrogen-bond donors (Lipinski definition) is 1. The molecule has 1 atom stereocenters. The molecule has 128 valence electrons. The van der Waals surface area contributed by atoms with Gasteiger partial charge in [-0.1, -0.05) is 41.5 Å². The molecule has 0 aliphatic rings. The molecule has 0 aliphatic heterocycles. The molecule has 0 aliphatic carbocycles. The molecule has 0 saturated carbocycles. The van der Waals surface area contributed by atoms with Crippen molar-refractivity contribution in [3.05, 3.63) is 63.8 Å². The predicted molar refractivity (Wildman–Crippen MR) is 95.1 cm³/mol. The van der Waals surface area contributed by atoms with Gasteiger partial charge in [0.2, 0.25) is 11.2 Å². The molecule has 0 unspecified atom stereocenters. The smallest absolute Gasteiger partial charge is 0.344 e. The summed E-state index contributed by atoms with van der Waals surface area (Å²) in [6, 6.07) is 12.7. The second kappa shape index (κ2) is 6.43. The van der Waals surface area contributed by atoms with Gasteiger partial charge in [0, 0.05) is 5.56 Å². The Morgan fingerprint density at radius 2 is 1.72 bits per heavy atom. The van der Waals surface area contributed by atoms with Gasteiger partial charge < -0.3 is 14.3 Å². The maximum atomic E-state index is 12.9. The highest BCUT2D eigenvalue weighted by Crippen LogP contribution is 2.32. The Hall–Kier alpha value is -3.08. The Morgan fingerprint density at radius 1 is 1.08 bits per heavy atom. The van der Waals surface area contributed by atoms with Gasteiger partial charge in [-0.2, -0.15) is 0 Å². The number of hydrogen-bond acceptors (Lipinski definition) is 4.